The highest BCUT2D eigenvalue weighted by Crippen LogP contribution is 2.32. The molecular formula is C11H19ClO. The molecule has 0 radical (unpaired) electrons. The van der Waals surface area contributed by atoms with E-state index in [1.165, 1.54) is 32.1 Å². The van der Waals surface area contributed by atoms with Crippen LogP contribution in [-0.2, 0) is 4.79 Å². The summed E-state index contributed by atoms with van der Waals surface area (Å²) in [6.07, 6.45) is 8.44. The van der Waals surface area contributed by atoms with Crippen LogP contribution in [0.15, 0.2) is 0 Å². The van der Waals surface area contributed by atoms with Crippen molar-refractivity contribution in [1.82, 2.24) is 0 Å². The Kier molecular flexibility index (Phi) is 4.79. The lowest BCUT2D eigenvalue weighted by Gasteiger charge is -2.26. The van der Waals surface area contributed by atoms with Gasteiger partial charge >= 0.3 is 0 Å². The molecule has 1 saturated carbocycles. The van der Waals surface area contributed by atoms with Crippen molar-refractivity contribution in [2.75, 3.05) is 0 Å². The van der Waals surface area contributed by atoms with Crippen molar-refractivity contribution in [3.05, 3.63) is 0 Å². The molecule has 1 rings (SSSR count). The highest BCUT2D eigenvalue weighted by Gasteiger charge is 2.24. The molecule has 0 aromatic carbocycles. The van der Waals surface area contributed by atoms with E-state index in [4.69, 9.17) is 11.6 Å². The zero-order valence-electron chi connectivity index (χ0n) is 8.39. The Balaban J connectivity index is 2.18. The molecule has 1 nitrogen and oxygen atoms in total. The summed E-state index contributed by atoms with van der Waals surface area (Å²) < 4.78 is 0. The van der Waals surface area contributed by atoms with E-state index in [1.54, 1.807) is 0 Å². The molecule has 0 aromatic heterocycles. The monoisotopic (exact) mass is 202 g/mol. The Morgan fingerprint density at radius 3 is 2.38 bits per heavy atom. The van der Waals surface area contributed by atoms with E-state index in [0.29, 0.717) is 0 Å². The van der Waals surface area contributed by atoms with Crippen LogP contribution in [0, 0.1) is 11.8 Å². The summed E-state index contributed by atoms with van der Waals surface area (Å²) in [4.78, 5) is 10.9. The average molecular weight is 203 g/mol. The molecule has 0 aromatic rings. The fourth-order valence-corrected chi connectivity index (χ4v) is 2.39. The summed E-state index contributed by atoms with van der Waals surface area (Å²) in [6.45, 7) is 2.23. The van der Waals surface area contributed by atoms with Crippen molar-refractivity contribution in [2.24, 2.45) is 11.8 Å². The van der Waals surface area contributed by atoms with Gasteiger partial charge in [0, 0.05) is 5.92 Å². The maximum absolute atomic E-state index is 10.9. The number of unbranched alkanes of at least 4 members (excludes halogenated alkanes) is 1. The van der Waals surface area contributed by atoms with Gasteiger partial charge in [-0.15, -0.1) is 0 Å². The fraction of sp³-hybridized carbons (Fsp3) is 0.909. The molecule has 0 heterocycles. The number of carbonyl (C=O) groups excluding carboxylic acids is 1. The van der Waals surface area contributed by atoms with Gasteiger partial charge in [0.2, 0.25) is 5.24 Å². The zero-order valence-corrected chi connectivity index (χ0v) is 9.15. The van der Waals surface area contributed by atoms with Gasteiger partial charge in [0.1, 0.15) is 0 Å². The normalized spacial score (nSPS) is 28.8. The summed E-state index contributed by atoms with van der Waals surface area (Å²) in [5, 5.41) is -0.117. The largest absolute Gasteiger partial charge is 0.281 e. The lowest BCUT2D eigenvalue weighted by Crippen LogP contribution is -2.18. The average Bonchev–Trinajstić information content (AvgIpc) is 2.15. The molecule has 0 spiro atoms. The van der Waals surface area contributed by atoms with Gasteiger partial charge in [0.05, 0.1) is 0 Å². The van der Waals surface area contributed by atoms with Crippen LogP contribution in [0.3, 0.4) is 0 Å². The number of hydrogen-bond donors (Lipinski definition) is 0. The quantitative estimate of drug-likeness (QED) is 0.635. The van der Waals surface area contributed by atoms with Gasteiger partial charge in [-0.3, -0.25) is 4.79 Å². The van der Waals surface area contributed by atoms with Crippen LogP contribution in [0.1, 0.15) is 51.9 Å². The molecule has 0 atom stereocenters. The first-order valence-electron chi connectivity index (χ1n) is 5.43. The topological polar surface area (TPSA) is 17.1 Å². The molecule has 1 aliphatic rings. The minimum Gasteiger partial charge on any atom is -0.281 e. The summed E-state index contributed by atoms with van der Waals surface area (Å²) >= 11 is 5.47. The second kappa shape index (κ2) is 5.64. The van der Waals surface area contributed by atoms with Gasteiger partial charge in [0.25, 0.3) is 0 Å². The van der Waals surface area contributed by atoms with Gasteiger partial charge in [0.15, 0.2) is 0 Å². The molecule has 0 aliphatic heterocycles. The third-order valence-electron chi connectivity index (χ3n) is 3.13. The maximum Gasteiger partial charge on any atom is 0.224 e. The van der Waals surface area contributed by atoms with Gasteiger partial charge in [-0.2, -0.15) is 0 Å². The summed E-state index contributed by atoms with van der Waals surface area (Å²) in [5.41, 5.74) is 0. The first kappa shape index (κ1) is 11.0. The number of carbonyl (C=O) groups is 1. The SMILES string of the molecule is CCCCC1CCC(C(=O)Cl)CC1. The summed E-state index contributed by atoms with van der Waals surface area (Å²) in [5.74, 6) is 1.03. The first-order valence-corrected chi connectivity index (χ1v) is 5.81. The van der Waals surface area contributed by atoms with Crippen LogP contribution >= 0.6 is 11.6 Å². The van der Waals surface area contributed by atoms with Crippen LogP contribution in [0.5, 0.6) is 0 Å². The Bertz CT molecular complexity index is 159. The highest BCUT2D eigenvalue weighted by atomic mass is 35.5. The highest BCUT2D eigenvalue weighted by molar-refractivity contribution is 6.63. The number of hydrogen-bond acceptors (Lipinski definition) is 1. The van der Waals surface area contributed by atoms with Crippen LogP contribution in [0.2, 0.25) is 0 Å². The molecular weight excluding hydrogens is 184 g/mol. The van der Waals surface area contributed by atoms with Crippen molar-refractivity contribution in [2.45, 2.75) is 51.9 Å². The van der Waals surface area contributed by atoms with E-state index >= 15 is 0 Å². The van der Waals surface area contributed by atoms with E-state index < -0.39 is 0 Å². The number of rotatable bonds is 4. The zero-order chi connectivity index (χ0) is 9.68. The van der Waals surface area contributed by atoms with Gasteiger partial charge in [-0.25, -0.2) is 0 Å². The third-order valence-corrected chi connectivity index (χ3v) is 3.44. The molecule has 76 valence electrons. The van der Waals surface area contributed by atoms with Crippen LogP contribution in [0.4, 0.5) is 0 Å². The van der Waals surface area contributed by atoms with Gasteiger partial charge < -0.3 is 0 Å². The molecule has 13 heavy (non-hydrogen) atoms. The van der Waals surface area contributed by atoms with Crippen molar-refractivity contribution < 1.29 is 4.79 Å². The van der Waals surface area contributed by atoms with E-state index in [2.05, 4.69) is 6.92 Å². The molecule has 0 bridgehead atoms. The Labute approximate surface area is 85.8 Å². The maximum atomic E-state index is 10.9. The summed E-state index contributed by atoms with van der Waals surface area (Å²) in [7, 11) is 0. The molecule has 0 N–H and O–H groups in total. The predicted molar refractivity (Wildman–Crippen MR) is 55.8 cm³/mol. The van der Waals surface area contributed by atoms with Gasteiger partial charge in [-0.05, 0) is 43.2 Å². The number of halogens is 1. The second-order valence-corrected chi connectivity index (χ2v) is 4.54. The third kappa shape index (κ3) is 3.68. The molecule has 2 heteroatoms. The minimum absolute atomic E-state index is 0.117. The van der Waals surface area contributed by atoms with E-state index in [-0.39, 0.29) is 11.2 Å². The van der Waals surface area contributed by atoms with Crippen molar-refractivity contribution >= 4 is 16.8 Å². The van der Waals surface area contributed by atoms with Crippen LogP contribution in [-0.4, -0.2) is 5.24 Å². The minimum atomic E-state index is -0.117. The van der Waals surface area contributed by atoms with Crippen LogP contribution < -0.4 is 0 Å². The van der Waals surface area contributed by atoms with Crippen LogP contribution in [0.25, 0.3) is 0 Å². The lowest BCUT2D eigenvalue weighted by molar-refractivity contribution is -0.116. The lowest BCUT2D eigenvalue weighted by atomic mass is 9.80. The van der Waals surface area contributed by atoms with E-state index in [0.717, 1.165) is 18.8 Å². The molecule has 0 saturated heterocycles. The smallest absolute Gasteiger partial charge is 0.224 e. The Morgan fingerprint density at radius 2 is 1.92 bits per heavy atom. The molecule has 0 unspecified atom stereocenters. The van der Waals surface area contributed by atoms with Crippen molar-refractivity contribution in [3.8, 4) is 0 Å². The summed E-state index contributed by atoms with van der Waals surface area (Å²) in [6, 6.07) is 0. The fourth-order valence-electron chi connectivity index (χ4n) is 2.17. The van der Waals surface area contributed by atoms with Crippen molar-refractivity contribution in [3.63, 3.8) is 0 Å². The van der Waals surface area contributed by atoms with Gasteiger partial charge in [-0.1, -0.05) is 26.2 Å². The molecule has 1 fully saturated rings. The molecule has 0 amide bonds. The van der Waals surface area contributed by atoms with Crippen molar-refractivity contribution in [1.29, 1.82) is 0 Å². The standard InChI is InChI=1S/C11H19ClO/c1-2-3-4-9-5-7-10(8-6-9)11(12)13/h9-10H,2-8H2,1H3. The Morgan fingerprint density at radius 1 is 1.31 bits per heavy atom. The van der Waals surface area contributed by atoms with E-state index in [1.807, 2.05) is 0 Å². The van der Waals surface area contributed by atoms with E-state index in [9.17, 15) is 4.79 Å². The predicted octanol–water partition coefficient (Wildman–Crippen LogP) is 3.75. The Hall–Kier alpha value is -0.0400. The molecule has 1 aliphatic carbocycles. The first-order chi connectivity index (χ1) is 6.24. The second-order valence-electron chi connectivity index (χ2n) is 4.16.